The number of amides is 2. The summed E-state index contributed by atoms with van der Waals surface area (Å²) < 4.78 is 5.44. The molecule has 1 unspecified atom stereocenters. The number of carboxylic acid groups (broad SMARTS) is 1. The van der Waals surface area contributed by atoms with Crippen molar-refractivity contribution in [2.24, 2.45) is 5.92 Å². The van der Waals surface area contributed by atoms with Crippen LogP contribution in [0, 0.1) is 5.92 Å². The molecule has 2 amide bonds. The Morgan fingerprint density at radius 1 is 1.29 bits per heavy atom. The van der Waals surface area contributed by atoms with Gasteiger partial charge in [0, 0.05) is 26.6 Å². The number of hydrogen-bond acceptors (Lipinski definition) is 3. The Labute approximate surface area is 126 Å². The Bertz CT molecular complexity index is 337. The van der Waals surface area contributed by atoms with Crippen LogP contribution in [-0.4, -0.2) is 42.9 Å². The molecule has 0 bridgehead atoms. The molecule has 0 aromatic carbocycles. The van der Waals surface area contributed by atoms with E-state index in [4.69, 9.17) is 9.84 Å². The van der Waals surface area contributed by atoms with Crippen LogP contribution in [0.3, 0.4) is 0 Å². The highest BCUT2D eigenvalue weighted by Gasteiger charge is 2.37. The summed E-state index contributed by atoms with van der Waals surface area (Å²) in [6.07, 6.45) is 5.76. The Morgan fingerprint density at radius 2 is 2.00 bits per heavy atom. The van der Waals surface area contributed by atoms with E-state index < -0.39 is 5.97 Å². The summed E-state index contributed by atoms with van der Waals surface area (Å²) in [6, 6.07) is -0.175. The van der Waals surface area contributed by atoms with Crippen LogP contribution in [0.2, 0.25) is 0 Å². The van der Waals surface area contributed by atoms with Crippen LogP contribution in [0.25, 0.3) is 0 Å². The third-order valence-electron chi connectivity index (χ3n) is 4.45. The molecule has 6 nitrogen and oxygen atoms in total. The second kappa shape index (κ2) is 8.87. The van der Waals surface area contributed by atoms with Gasteiger partial charge in [0.1, 0.15) is 0 Å². The van der Waals surface area contributed by atoms with Crippen molar-refractivity contribution in [2.75, 3.05) is 20.2 Å². The fourth-order valence-electron chi connectivity index (χ4n) is 2.60. The van der Waals surface area contributed by atoms with Crippen molar-refractivity contribution in [1.29, 1.82) is 0 Å². The highest BCUT2D eigenvalue weighted by atomic mass is 16.5. The number of urea groups is 1. The van der Waals surface area contributed by atoms with Crippen molar-refractivity contribution in [3.63, 3.8) is 0 Å². The molecule has 1 fully saturated rings. The summed E-state index contributed by atoms with van der Waals surface area (Å²) in [5, 5.41) is 14.4. The summed E-state index contributed by atoms with van der Waals surface area (Å²) in [6.45, 7) is 3.17. The van der Waals surface area contributed by atoms with Gasteiger partial charge in [-0.1, -0.05) is 13.3 Å². The van der Waals surface area contributed by atoms with Crippen LogP contribution in [0.4, 0.5) is 4.79 Å². The minimum absolute atomic E-state index is 0.162. The summed E-state index contributed by atoms with van der Waals surface area (Å²) in [5.74, 6) is -0.414. The molecule has 1 aliphatic rings. The molecule has 0 radical (unpaired) electrons. The van der Waals surface area contributed by atoms with Gasteiger partial charge in [-0.3, -0.25) is 4.79 Å². The maximum Gasteiger partial charge on any atom is 0.314 e. The molecule has 122 valence electrons. The Kier molecular flexibility index (Phi) is 7.50. The van der Waals surface area contributed by atoms with Gasteiger partial charge in [0.15, 0.2) is 0 Å². The van der Waals surface area contributed by atoms with E-state index in [0.717, 1.165) is 32.1 Å². The molecular formula is C15H28N2O4. The van der Waals surface area contributed by atoms with E-state index in [2.05, 4.69) is 10.6 Å². The Hall–Kier alpha value is -1.30. The molecule has 1 aliphatic carbocycles. The van der Waals surface area contributed by atoms with Crippen LogP contribution >= 0.6 is 0 Å². The molecule has 0 aliphatic heterocycles. The molecular weight excluding hydrogens is 272 g/mol. The number of carbonyl (C=O) groups excluding carboxylic acids is 1. The molecule has 1 saturated carbocycles. The normalized spacial score (nSPS) is 17.6. The van der Waals surface area contributed by atoms with Gasteiger partial charge in [0.05, 0.1) is 5.60 Å². The van der Waals surface area contributed by atoms with E-state index in [9.17, 15) is 9.59 Å². The van der Waals surface area contributed by atoms with Gasteiger partial charge in [-0.15, -0.1) is 0 Å². The fourth-order valence-corrected chi connectivity index (χ4v) is 2.60. The topological polar surface area (TPSA) is 87.7 Å². The molecule has 0 saturated heterocycles. The summed E-state index contributed by atoms with van der Waals surface area (Å²) in [4.78, 5) is 22.3. The number of rotatable bonds is 10. The van der Waals surface area contributed by atoms with Crippen LogP contribution in [-0.2, 0) is 9.53 Å². The SMILES string of the molecule is CCC(CCNC(=O)NCC1(OC)CCC1)CCC(=O)O. The highest BCUT2D eigenvalue weighted by Crippen LogP contribution is 2.34. The summed E-state index contributed by atoms with van der Waals surface area (Å²) in [5.41, 5.74) is -0.162. The number of nitrogens with one attached hydrogen (secondary N) is 2. The van der Waals surface area contributed by atoms with E-state index in [1.54, 1.807) is 7.11 Å². The quantitative estimate of drug-likeness (QED) is 0.577. The van der Waals surface area contributed by atoms with Gasteiger partial charge in [0.25, 0.3) is 0 Å². The molecule has 3 N–H and O–H groups in total. The van der Waals surface area contributed by atoms with Gasteiger partial charge < -0.3 is 20.5 Å². The average Bonchev–Trinajstić information content (AvgIpc) is 2.41. The third-order valence-corrected chi connectivity index (χ3v) is 4.45. The summed E-state index contributed by atoms with van der Waals surface area (Å²) >= 11 is 0. The smallest absolute Gasteiger partial charge is 0.314 e. The molecule has 6 heteroatoms. The van der Waals surface area contributed by atoms with Crippen molar-refractivity contribution in [3.8, 4) is 0 Å². The number of ether oxygens (including phenoxy) is 1. The van der Waals surface area contributed by atoms with Crippen molar-refractivity contribution in [2.45, 2.75) is 57.5 Å². The van der Waals surface area contributed by atoms with Crippen LogP contribution in [0.5, 0.6) is 0 Å². The lowest BCUT2D eigenvalue weighted by Gasteiger charge is -2.40. The minimum atomic E-state index is -0.760. The zero-order valence-electron chi connectivity index (χ0n) is 13.1. The molecule has 1 rings (SSSR count). The van der Waals surface area contributed by atoms with E-state index in [-0.39, 0.29) is 18.1 Å². The van der Waals surface area contributed by atoms with Crippen molar-refractivity contribution in [1.82, 2.24) is 10.6 Å². The second-order valence-corrected chi connectivity index (χ2v) is 5.85. The van der Waals surface area contributed by atoms with Crippen LogP contribution < -0.4 is 10.6 Å². The first kappa shape index (κ1) is 17.8. The van der Waals surface area contributed by atoms with Gasteiger partial charge in [0.2, 0.25) is 0 Å². The number of hydrogen-bond donors (Lipinski definition) is 3. The lowest BCUT2D eigenvalue weighted by molar-refractivity contribution is -0.137. The predicted octanol–water partition coefficient (Wildman–Crippen LogP) is 2.14. The van der Waals surface area contributed by atoms with Crippen molar-refractivity contribution in [3.05, 3.63) is 0 Å². The lowest BCUT2D eigenvalue weighted by Crippen LogP contribution is -2.51. The van der Waals surface area contributed by atoms with Gasteiger partial charge in [-0.2, -0.15) is 0 Å². The van der Waals surface area contributed by atoms with Crippen LogP contribution in [0.15, 0.2) is 0 Å². The van der Waals surface area contributed by atoms with Gasteiger partial charge >= 0.3 is 12.0 Å². The monoisotopic (exact) mass is 300 g/mol. The van der Waals surface area contributed by atoms with Crippen LogP contribution in [0.1, 0.15) is 51.9 Å². The van der Waals surface area contributed by atoms with E-state index >= 15 is 0 Å². The van der Waals surface area contributed by atoms with Crippen molar-refractivity contribution < 1.29 is 19.4 Å². The molecule has 0 aromatic heterocycles. The number of methoxy groups -OCH3 is 1. The molecule has 0 spiro atoms. The largest absolute Gasteiger partial charge is 0.481 e. The molecule has 0 heterocycles. The Morgan fingerprint density at radius 3 is 2.48 bits per heavy atom. The minimum Gasteiger partial charge on any atom is -0.481 e. The molecule has 1 atom stereocenters. The second-order valence-electron chi connectivity index (χ2n) is 5.85. The zero-order chi connectivity index (χ0) is 15.7. The molecule has 0 aromatic rings. The lowest BCUT2D eigenvalue weighted by atomic mass is 9.80. The molecule has 21 heavy (non-hydrogen) atoms. The first-order valence-electron chi connectivity index (χ1n) is 7.80. The van der Waals surface area contributed by atoms with E-state index in [1.165, 1.54) is 0 Å². The maximum atomic E-state index is 11.7. The standard InChI is InChI=1S/C15H28N2O4/c1-3-12(5-6-13(18)19)7-10-16-14(20)17-11-15(21-2)8-4-9-15/h12H,3-11H2,1-2H3,(H,18,19)(H2,16,17,20). The van der Waals surface area contributed by atoms with E-state index in [0.29, 0.717) is 25.4 Å². The highest BCUT2D eigenvalue weighted by molar-refractivity contribution is 5.73. The predicted molar refractivity (Wildman–Crippen MR) is 80.3 cm³/mol. The first-order chi connectivity index (χ1) is 10.0. The van der Waals surface area contributed by atoms with Crippen molar-refractivity contribution >= 4 is 12.0 Å². The Balaban J connectivity index is 2.13. The number of carboxylic acids is 1. The first-order valence-corrected chi connectivity index (χ1v) is 7.80. The third kappa shape index (κ3) is 6.33. The number of carbonyl (C=O) groups is 2. The van der Waals surface area contributed by atoms with E-state index in [1.807, 2.05) is 6.92 Å². The zero-order valence-corrected chi connectivity index (χ0v) is 13.1. The summed E-state index contributed by atoms with van der Waals surface area (Å²) in [7, 11) is 1.69. The average molecular weight is 300 g/mol. The van der Waals surface area contributed by atoms with Gasteiger partial charge in [-0.05, 0) is 38.0 Å². The fraction of sp³-hybridized carbons (Fsp3) is 0.867. The van der Waals surface area contributed by atoms with Gasteiger partial charge in [-0.25, -0.2) is 4.79 Å². The number of aliphatic carboxylic acids is 1. The maximum absolute atomic E-state index is 11.7.